The first-order valence-electron chi connectivity index (χ1n) is 9.84. The third kappa shape index (κ3) is 4.01. The van der Waals surface area contributed by atoms with Crippen molar-refractivity contribution < 1.29 is 0 Å². The molecule has 0 saturated heterocycles. The van der Waals surface area contributed by atoms with E-state index in [2.05, 4.69) is 51.1 Å². The number of hydrogen-bond donors (Lipinski definition) is 0. The van der Waals surface area contributed by atoms with Crippen molar-refractivity contribution in [2.45, 2.75) is 13.8 Å². The molecule has 0 saturated carbocycles. The number of nitrogens with zero attached hydrogens (tertiary/aromatic N) is 6. The van der Waals surface area contributed by atoms with Gasteiger partial charge in [-0.15, -0.1) is 0 Å². The van der Waals surface area contributed by atoms with Gasteiger partial charge in [0.05, 0.1) is 11.4 Å². The number of hydrogen-bond acceptors (Lipinski definition) is 5. The Balaban J connectivity index is 1.49. The Hall–Kier alpha value is -3.54. The Kier molecular flexibility index (Phi) is 5.33. The highest BCUT2D eigenvalue weighted by Crippen LogP contribution is 2.27. The Morgan fingerprint density at radius 2 is 1.45 bits per heavy atom. The van der Waals surface area contributed by atoms with E-state index >= 15 is 0 Å². The Labute approximate surface area is 170 Å². The highest BCUT2D eigenvalue weighted by Gasteiger charge is 2.13. The molecule has 0 N–H and O–H groups in total. The standard InChI is InChI=1S/C23H24N6/c1-4-29(5-2)20-14-12-19(13-15-20)27-26-18-10-8-17(9-11-18)22-24-21-7-6-16-28(3)23(21)25-22/h6-16H,4-5H2,1-3H3. The van der Waals surface area contributed by atoms with Crippen LogP contribution in [0.1, 0.15) is 13.8 Å². The van der Waals surface area contributed by atoms with Gasteiger partial charge < -0.3 is 9.47 Å². The molecule has 6 heteroatoms. The number of fused-ring (bicyclic) bond motifs is 1. The number of benzene rings is 2. The Morgan fingerprint density at radius 3 is 2.03 bits per heavy atom. The molecule has 0 atom stereocenters. The Bertz CT molecular complexity index is 1080. The van der Waals surface area contributed by atoms with Crippen molar-refractivity contribution in [3.05, 3.63) is 66.9 Å². The number of imidazole rings is 1. The van der Waals surface area contributed by atoms with E-state index in [1.807, 2.05) is 66.3 Å². The molecule has 2 aromatic carbocycles. The van der Waals surface area contributed by atoms with Crippen LogP contribution in [-0.2, 0) is 7.05 Å². The van der Waals surface area contributed by atoms with Gasteiger partial charge in [0.2, 0.25) is 0 Å². The molecule has 29 heavy (non-hydrogen) atoms. The number of azo groups is 1. The normalized spacial score (nSPS) is 11.4. The first-order chi connectivity index (χ1) is 14.2. The van der Waals surface area contributed by atoms with E-state index in [0.717, 1.165) is 47.4 Å². The van der Waals surface area contributed by atoms with Crippen molar-refractivity contribution in [2.75, 3.05) is 18.0 Å². The van der Waals surface area contributed by atoms with Gasteiger partial charge in [-0.05, 0) is 74.5 Å². The minimum absolute atomic E-state index is 0.720. The van der Waals surface area contributed by atoms with Crippen LogP contribution in [0.5, 0.6) is 0 Å². The van der Waals surface area contributed by atoms with Crippen LogP contribution >= 0.6 is 0 Å². The van der Waals surface area contributed by atoms with Gasteiger partial charge in [-0.2, -0.15) is 10.2 Å². The van der Waals surface area contributed by atoms with E-state index in [4.69, 9.17) is 0 Å². The van der Waals surface area contributed by atoms with Crippen molar-refractivity contribution in [3.8, 4) is 22.9 Å². The van der Waals surface area contributed by atoms with Gasteiger partial charge in [0.1, 0.15) is 5.69 Å². The Morgan fingerprint density at radius 1 is 0.828 bits per heavy atom. The molecule has 146 valence electrons. The zero-order chi connectivity index (χ0) is 20.2. The summed E-state index contributed by atoms with van der Waals surface area (Å²) in [6, 6.07) is 19.9. The fourth-order valence-corrected chi connectivity index (χ4v) is 3.29. The van der Waals surface area contributed by atoms with Crippen LogP contribution in [0.4, 0.5) is 17.1 Å². The summed E-state index contributed by atoms with van der Waals surface area (Å²) >= 11 is 0. The summed E-state index contributed by atoms with van der Waals surface area (Å²) < 4.78 is 1.97. The van der Waals surface area contributed by atoms with Crippen LogP contribution in [0.2, 0.25) is 0 Å². The van der Waals surface area contributed by atoms with Gasteiger partial charge >= 0.3 is 0 Å². The summed E-state index contributed by atoms with van der Waals surface area (Å²) in [5.41, 5.74) is 4.69. The topological polar surface area (TPSA) is 58.7 Å². The maximum Gasteiger partial charge on any atom is 0.162 e. The van der Waals surface area contributed by atoms with E-state index in [1.54, 1.807) is 0 Å². The van der Waals surface area contributed by atoms with Crippen LogP contribution in [0, 0.1) is 0 Å². The van der Waals surface area contributed by atoms with Gasteiger partial charge in [0.15, 0.2) is 11.6 Å². The molecule has 0 bridgehead atoms. The van der Waals surface area contributed by atoms with Crippen LogP contribution in [0.3, 0.4) is 0 Å². The lowest BCUT2D eigenvalue weighted by atomic mass is 10.2. The van der Waals surface area contributed by atoms with Crippen LogP contribution in [0.15, 0.2) is 77.1 Å². The lowest BCUT2D eigenvalue weighted by molar-refractivity contribution is 0.866. The van der Waals surface area contributed by atoms with E-state index < -0.39 is 0 Å². The molecular formula is C23H24N6. The van der Waals surface area contributed by atoms with E-state index in [-0.39, 0.29) is 0 Å². The number of pyridine rings is 1. The molecular weight excluding hydrogens is 360 g/mol. The summed E-state index contributed by atoms with van der Waals surface area (Å²) in [4.78, 5) is 11.5. The largest absolute Gasteiger partial charge is 0.372 e. The van der Waals surface area contributed by atoms with E-state index in [1.165, 1.54) is 5.69 Å². The molecule has 0 aliphatic carbocycles. The second kappa shape index (κ2) is 8.22. The van der Waals surface area contributed by atoms with E-state index in [0.29, 0.717) is 0 Å². The molecule has 2 heterocycles. The van der Waals surface area contributed by atoms with E-state index in [9.17, 15) is 0 Å². The summed E-state index contributed by atoms with van der Waals surface area (Å²) in [6.07, 6.45) is 1.97. The van der Waals surface area contributed by atoms with Crippen molar-refractivity contribution >= 4 is 17.1 Å². The molecule has 0 unspecified atom stereocenters. The SMILES string of the molecule is CCN(CC)c1ccc(N=Nc2ccc(-c3nc4cccn(C)c-4n3)cc2)cc1. The van der Waals surface area contributed by atoms with Crippen molar-refractivity contribution in [1.82, 2.24) is 14.5 Å². The van der Waals surface area contributed by atoms with Crippen molar-refractivity contribution in [3.63, 3.8) is 0 Å². The van der Waals surface area contributed by atoms with Crippen LogP contribution in [0.25, 0.3) is 22.9 Å². The molecule has 0 spiro atoms. The van der Waals surface area contributed by atoms with Gasteiger partial charge in [0.25, 0.3) is 0 Å². The maximum atomic E-state index is 4.64. The monoisotopic (exact) mass is 384 g/mol. The van der Waals surface area contributed by atoms with Crippen LogP contribution < -0.4 is 4.90 Å². The molecule has 2 aliphatic heterocycles. The lowest BCUT2D eigenvalue weighted by Crippen LogP contribution is -2.21. The molecule has 2 aliphatic rings. The minimum atomic E-state index is 0.720. The summed E-state index contributed by atoms with van der Waals surface area (Å²) in [5.74, 6) is 1.59. The average Bonchev–Trinajstić information content (AvgIpc) is 3.20. The molecule has 0 aromatic heterocycles. The number of aryl methyl sites for hydroxylation is 1. The summed E-state index contributed by atoms with van der Waals surface area (Å²) in [5, 5.41) is 8.70. The third-order valence-electron chi connectivity index (χ3n) is 4.95. The fourth-order valence-electron chi connectivity index (χ4n) is 3.29. The van der Waals surface area contributed by atoms with Gasteiger partial charge in [0, 0.05) is 37.6 Å². The van der Waals surface area contributed by atoms with Gasteiger partial charge in [-0.25, -0.2) is 9.97 Å². The van der Waals surface area contributed by atoms with Gasteiger partial charge in [-0.3, -0.25) is 0 Å². The first kappa shape index (κ1) is 18.8. The predicted octanol–water partition coefficient (Wildman–Crippen LogP) is 5.85. The molecule has 0 fully saturated rings. The number of aromatic nitrogens is 3. The lowest BCUT2D eigenvalue weighted by Gasteiger charge is -2.20. The second-order valence-electron chi connectivity index (χ2n) is 6.81. The predicted molar refractivity (Wildman–Crippen MR) is 117 cm³/mol. The quantitative estimate of drug-likeness (QED) is 0.392. The molecule has 4 rings (SSSR count). The summed E-state index contributed by atoms with van der Waals surface area (Å²) in [6.45, 7) is 6.29. The molecule has 0 radical (unpaired) electrons. The first-order valence-corrected chi connectivity index (χ1v) is 9.84. The molecule has 6 nitrogen and oxygen atoms in total. The highest BCUT2D eigenvalue weighted by atomic mass is 15.1. The zero-order valence-electron chi connectivity index (χ0n) is 16.9. The zero-order valence-corrected chi connectivity index (χ0v) is 16.9. The summed E-state index contributed by atoms with van der Waals surface area (Å²) in [7, 11) is 1.97. The molecule has 2 aromatic rings. The fraction of sp³-hybridized carbons (Fsp3) is 0.217. The number of rotatable bonds is 6. The van der Waals surface area contributed by atoms with Crippen molar-refractivity contribution in [2.24, 2.45) is 17.3 Å². The van der Waals surface area contributed by atoms with Crippen LogP contribution in [-0.4, -0.2) is 27.6 Å². The average molecular weight is 384 g/mol. The van der Waals surface area contributed by atoms with Crippen molar-refractivity contribution in [1.29, 1.82) is 0 Å². The smallest absolute Gasteiger partial charge is 0.162 e. The molecule has 0 amide bonds. The second-order valence-corrected chi connectivity index (χ2v) is 6.81. The van der Waals surface area contributed by atoms with Gasteiger partial charge in [-0.1, -0.05) is 0 Å². The third-order valence-corrected chi connectivity index (χ3v) is 4.95. The highest BCUT2D eigenvalue weighted by molar-refractivity contribution is 5.65. The maximum absolute atomic E-state index is 4.64. The minimum Gasteiger partial charge on any atom is -0.372 e. The number of anilines is 1.